The highest BCUT2D eigenvalue weighted by Crippen LogP contribution is 2.27. The first-order valence-electron chi connectivity index (χ1n) is 8.20. The zero-order chi connectivity index (χ0) is 16.9. The molecule has 1 fully saturated rings. The molecule has 3 nitrogen and oxygen atoms in total. The van der Waals surface area contributed by atoms with Gasteiger partial charge in [0, 0.05) is 11.5 Å². The van der Waals surface area contributed by atoms with Gasteiger partial charge in [-0.2, -0.15) is 0 Å². The summed E-state index contributed by atoms with van der Waals surface area (Å²) in [4.78, 5) is 11.5. The van der Waals surface area contributed by atoms with Crippen molar-refractivity contribution in [3.63, 3.8) is 0 Å². The fourth-order valence-corrected chi connectivity index (χ4v) is 3.19. The Balaban J connectivity index is 2.05. The summed E-state index contributed by atoms with van der Waals surface area (Å²) in [6, 6.07) is 11.6. The predicted octanol–water partition coefficient (Wildman–Crippen LogP) is 4.45. The summed E-state index contributed by atoms with van der Waals surface area (Å²) in [6.45, 7) is 0. The van der Waals surface area contributed by atoms with E-state index in [-0.39, 0.29) is 5.57 Å². The summed E-state index contributed by atoms with van der Waals surface area (Å²) in [6.07, 6.45) is 6.18. The summed E-state index contributed by atoms with van der Waals surface area (Å²) in [7, 11) is 1.45. The zero-order valence-corrected chi connectivity index (χ0v) is 13.7. The molecule has 2 aromatic carbocycles. The number of hydrogen-bond acceptors (Lipinski definition) is 2. The normalized spacial score (nSPS) is 15.1. The van der Waals surface area contributed by atoms with E-state index in [2.05, 4.69) is 11.8 Å². The van der Waals surface area contributed by atoms with Gasteiger partial charge >= 0.3 is 5.97 Å². The third-order valence-corrected chi connectivity index (χ3v) is 4.41. The van der Waals surface area contributed by atoms with Gasteiger partial charge in [0.2, 0.25) is 0 Å². The highest BCUT2D eigenvalue weighted by atomic mass is 16.5. The van der Waals surface area contributed by atoms with E-state index in [1.165, 1.54) is 39.1 Å². The SMILES string of the molecule is COC=C(C(=O)O)c1cccc2ccc(C#CC3CCCC3)cc12. The molecule has 0 bridgehead atoms. The van der Waals surface area contributed by atoms with Crippen molar-refractivity contribution in [2.24, 2.45) is 5.92 Å². The lowest BCUT2D eigenvalue weighted by atomic mass is 9.97. The Morgan fingerprint density at radius 1 is 1.25 bits per heavy atom. The van der Waals surface area contributed by atoms with Crippen LogP contribution in [0.5, 0.6) is 0 Å². The number of carboxylic acid groups (broad SMARTS) is 1. The molecule has 1 N–H and O–H groups in total. The van der Waals surface area contributed by atoms with Crippen LogP contribution in [0.15, 0.2) is 42.7 Å². The molecule has 1 aliphatic carbocycles. The monoisotopic (exact) mass is 320 g/mol. The van der Waals surface area contributed by atoms with Gasteiger partial charge in [0.25, 0.3) is 0 Å². The largest absolute Gasteiger partial charge is 0.503 e. The van der Waals surface area contributed by atoms with Crippen molar-refractivity contribution in [3.05, 3.63) is 53.8 Å². The van der Waals surface area contributed by atoms with E-state index < -0.39 is 5.97 Å². The number of carboxylic acids is 1. The quantitative estimate of drug-likeness (QED) is 0.516. The second-order valence-electron chi connectivity index (χ2n) is 6.06. The Bertz CT molecular complexity index is 846. The molecule has 0 spiro atoms. The van der Waals surface area contributed by atoms with Crippen LogP contribution in [0, 0.1) is 17.8 Å². The minimum atomic E-state index is -1.01. The fraction of sp³-hybridized carbons (Fsp3) is 0.286. The Labute approximate surface area is 142 Å². The van der Waals surface area contributed by atoms with Crippen molar-refractivity contribution in [2.75, 3.05) is 7.11 Å². The first-order valence-corrected chi connectivity index (χ1v) is 8.20. The Hall–Kier alpha value is -2.73. The summed E-state index contributed by atoms with van der Waals surface area (Å²) < 4.78 is 4.94. The van der Waals surface area contributed by atoms with Crippen LogP contribution in [0.25, 0.3) is 16.3 Å². The Morgan fingerprint density at radius 3 is 2.75 bits per heavy atom. The third kappa shape index (κ3) is 3.44. The van der Waals surface area contributed by atoms with E-state index in [4.69, 9.17) is 4.74 Å². The summed E-state index contributed by atoms with van der Waals surface area (Å²) >= 11 is 0. The Morgan fingerprint density at radius 2 is 2.04 bits per heavy atom. The van der Waals surface area contributed by atoms with Crippen molar-refractivity contribution in [2.45, 2.75) is 25.7 Å². The van der Waals surface area contributed by atoms with Crippen LogP contribution in [-0.2, 0) is 9.53 Å². The number of hydrogen-bond donors (Lipinski definition) is 1. The topological polar surface area (TPSA) is 46.5 Å². The van der Waals surface area contributed by atoms with Crippen LogP contribution >= 0.6 is 0 Å². The fourth-order valence-electron chi connectivity index (χ4n) is 3.19. The van der Waals surface area contributed by atoms with Crippen LogP contribution in [0.3, 0.4) is 0 Å². The second kappa shape index (κ2) is 7.23. The molecule has 1 aliphatic rings. The molecule has 122 valence electrons. The number of methoxy groups -OCH3 is 1. The van der Waals surface area contributed by atoms with Gasteiger partial charge in [-0.25, -0.2) is 4.79 Å². The molecule has 0 radical (unpaired) electrons. The molecule has 24 heavy (non-hydrogen) atoms. The maximum absolute atomic E-state index is 11.5. The molecule has 3 rings (SSSR count). The molecule has 0 amide bonds. The van der Waals surface area contributed by atoms with Gasteiger partial charge in [-0.05, 0) is 41.3 Å². The molecule has 0 unspecified atom stereocenters. The molecule has 0 aromatic heterocycles. The highest BCUT2D eigenvalue weighted by Gasteiger charge is 2.14. The maximum Gasteiger partial charge on any atom is 0.339 e. The van der Waals surface area contributed by atoms with E-state index in [0.29, 0.717) is 11.5 Å². The van der Waals surface area contributed by atoms with Crippen LogP contribution in [0.1, 0.15) is 36.8 Å². The van der Waals surface area contributed by atoms with Gasteiger partial charge in [0.15, 0.2) is 0 Å². The molecule has 3 heteroatoms. The van der Waals surface area contributed by atoms with Crippen molar-refractivity contribution < 1.29 is 14.6 Å². The third-order valence-electron chi connectivity index (χ3n) is 4.41. The van der Waals surface area contributed by atoms with E-state index in [1.807, 2.05) is 30.3 Å². The van der Waals surface area contributed by atoms with Gasteiger partial charge in [-0.15, -0.1) is 0 Å². The van der Waals surface area contributed by atoms with Crippen LogP contribution < -0.4 is 0 Å². The smallest absolute Gasteiger partial charge is 0.339 e. The molecule has 0 heterocycles. The average molecular weight is 320 g/mol. The number of aliphatic carboxylic acids is 1. The molecule has 2 aromatic rings. The molecule has 0 atom stereocenters. The summed E-state index contributed by atoms with van der Waals surface area (Å²) in [5.41, 5.74) is 1.71. The number of carbonyl (C=O) groups is 1. The molecule has 0 aliphatic heterocycles. The van der Waals surface area contributed by atoms with Crippen molar-refractivity contribution in [3.8, 4) is 11.8 Å². The van der Waals surface area contributed by atoms with Crippen molar-refractivity contribution in [1.29, 1.82) is 0 Å². The summed E-state index contributed by atoms with van der Waals surface area (Å²) in [5, 5.41) is 11.3. The first kappa shape index (κ1) is 16.1. The lowest BCUT2D eigenvalue weighted by Gasteiger charge is -2.08. The lowest BCUT2D eigenvalue weighted by Crippen LogP contribution is -2.01. The van der Waals surface area contributed by atoms with Gasteiger partial charge < -0.3 is 9.84 Å². The number of rotatable bonds is 3. The van der Waals surface area contributed by atoms with Gasteiger partial charge in [0.05, 0.1) is 13.4 Å². The van der Waals surface area contributed by atoms with Crippen molar-refractivity contribution >= 4 is 22.3 Å². The predicted molar refractivity (Wildman–Crippen MR) is 95.4 cm³/mol. The zero-order valence-electron chi connectivity index (χ0n) is 13.7. The van der Waals surface area contributed by atoms with Crippen LogP contribution in [0.4, 0.5) is 0 Å². The van der Waals surface area contributed by atoms with E-state index in [0.717, 1.165) is 16.3 Å². The molecule has 0 saturated heterocycles. The van der Waals surface area contributed by atoms with Gasteiger partial charge in [-0.3, -0.25) is 0 Å². The van der Waals surface area contributed by atoms with Gasteiger partial charge in [-0.1, -0.05) is 48.9 Å². The standard InChI is InChI=1S/C21H20O3/c1-24-14-20(21(22)23)18-8-4-7-17-12-11-16(13-19(17)18)10-9-15-5-2-3-6-15/h4,7-8,11-15H,2-3,5-6H2,1H3,(H,22,23). The lowest BCUT2D eigenvalue weighted by molar-refractivity contribution is -0.130. The molecular formula is C21H20O3. The Kier molecular flexibility index (Phi) is 4.86. The molecular weight excluding hydrogens is 300 g/mol. The number of ether oxygens (including phenoxy) is 1. The van der Waals surface area contributed by atoms with E-state index >= 15 is 0 Å². The van der Waals surface area contributed by atoms with Crippen LogP contribution in [-0.4, -0.2) is 18.2 Å². The number of fused-ring (bicyclic) bond motifs is 1. The van der Waals surface area contributed by atoms with Crippen LogP contribution in [0.2, 0.25) is 0 Å². The summed E-state index contributed by atoms with van der Waals surface area (Å²) in [5.74, 6) is 6.10. The molecule has 1 saturated carbocycles. The van der Waals surface area contributed by atoms with E-state index in [1.54, 1.807) is 6.07 Å². The van der Waals surface area contributed by atoms with Gasteiger partial charge in [0.1, 0.15) is 5.57 Å². The number of benzene rings is 2. The minimum Gasteiger partial charge on any atom is -0.503 e. The van der Waals surface area contributed by atoms with E-state index in [9.17, 15) is 9.90 Å². The first-order chi connectivity index (χ1) is 11.7. The average Bonchev–Trinajstić information content (AvgIpc) is 3.10. The second-order valence-corrected chi connectivity index (χ2v) is 6.06. The van der Waals surface area contributed by atoms with Crippen molar-refractivity contribution in [1.82, 2.24) is 0 Å². The minimum absolute atomic E-state index is 0.143. The maximum atomic E-state index is 11.5. The highest BCUT2D eigenvalue weighted by molar-refractivity contribution is 6.19.